The number of nitriles is 1. The highest BCUT2D eigenvalue weighted by Crippen LogP contribution is 2.24. The summed E-state index contributed by atoms with van der Waals surface area (Å²) in [5, 5.41) is 18.2. The van der Waals surface area contributed by atoms with Gasteiger partial charge in [0.15, 0.2) is 5.82 Å². The lowest BCUT2D eigenvalue weighted by molar-refractivity contribution is 0.223. The van der Waals surface area contributed by atoms with Crippen molar-refractivity contribution in [1.82, 2.24) is 15.1 Å². The molecule has 1 aromatic heterocycles. The highest BCUT2D eigenvalue weighted by molar-refractivity contribution is 5.88. The van der Waals surface area contributed by atoms with E-state index in [1.54, 1.807) is 16.9 Å². The summed E-state index contributed by atoms with van der Waals surface area (Å²) in [4.78, 5) is 11.8. The topological polar surface area (TPSA) is 82.7 Å². The smallest absolute Gasteiger partial charge is 0.320 e. The number of carbonyl (C=O) groups excluding carboxylic acids is 1. The maximum absolute atomic E-state index is 11.8. The second kappa shape index (κ2) is 6.94. The van der Waals surface area contributed by atoms with Gasteiger partial charge in [0.25, 0.3) is 0 Å². The maximum Gasteiger partial charge on any atom is 0.320 e. The van der Waals surface area contributed by atoms with Crippen molar-refractivity contribution in [2.75, 3.05) is 11.9 Å². The minimum Gasteiger partial charge on any atom is -0.337 e. The first-order valence-corrected chi connectivity index (χ1v) is 6.80. The number of nitrogens with one attached hydrogen (secondary N) is 2. The van der Waals surface area contributed by atoms with Crippen molar-refractivity contribution in [2.24, 2.45) is 11.3 Å². The molecule has 0 radical (unpaired) electrons. The van der Waals surface area contributed by atoms with E-state index in [1.165, 1.54) is 0 Å². The largest absolute Gasteiger partial charge is 0.337 e. The number of anilines is 1. The Hall–Kier alpha value is -2.03. The molecular weight excluding hydrogens is 254 g/mol. The van der Waals surface area contributed by atoms with E-state index in [0.717, 1.165) is 0 Å². The highest BCUT2D eigenvalue weighted by atomic mass is 16.2. The van der Waals surface area contributed by atoms with Gasteiger partial charge in [-0.05, 0) is 11.3 Å². The Morgan fingerprint density at radius 3 is 2.85 bits per heavy atom. The molecule has 0 aromatic carbocycles. The van der Waals surface area contributed by atoms with Crippen molar-refractivity contribution < 1.29 is 4.79 Å². The summed E-state index contributed by atoms with van der Waals surface area (Å²) >= 11 is 0. The molecule has 0 bridgehead atoms. The Morgan fingerprint density at radius 1 is 1.55 bits per heavy atom. The number of amides is 2. The monoisotopic (exact) mass is 277 g/mol. The van der Waals surface area contributed by atoms with E-state index >= 15 is 0 Å². The van der Waals surface area contributed by atoms with Crippen molar-refractivity contribution in [3.05, 3.63) is 12.3 Å². The summed E-state index contributed by atoms with van der Waals surface area (Å²) in [6, 6.07) is 3.51. The SMILES string of the molecule is CC(C)C(C)(C)CNC(=O)Nc1ccn(CCC#N)n1. The molecule has 0 aliphatic heterocycles. The molecule has 0 saturated heterocycles. The van der Waals surface area contributed by atoms with Gasteiger partial charge in [0, 0.05) is 18.8 Å². The van der Waals surface area contributed by atoms with Gasteiger partial charge in [-0.3, -0.25) is 10.00 Å². The van der Waals surface area contributed by atoms with Crippen LogP contribution in [0.1, 0.15) is 34.1 Å². The summed E-state index contributed by atoms with van der Waals surface area (Å²) in [5.74, 6) is 0.968. The molecule has 0 unspecified atom stereocenters. The molecule has 0 aliphatic rings. The first-order chi connectivity index (χ1) is 9.35. The van der Waals surface area contributed by atoms with Gasteiger partial charge in [0.05, 0.1) is 19.0 Å². The third-order valence-electron chi connectivity index (χ3n) is 3.60. The predicted octanol–water partition coefficient (Wildman–Crippen LogP) is 2.60. The predicted molar refractivity (Wildman–Crippen MR) is 78.1 cm³/mol. The Bertz CT molecular complexity index is 484. The minimum absolute atomic E-state index is 0.0451. The fraction of sp³-hybridized carbons (Fsp3) is 0.643. The number of nitrogens with zero attached hydrogens (tertiary/aromatic N) is 3. The number of carbonyl (C=O) groups is 1. The Morgan fingerprint density at radius 2 is 2.25 bits per heavy atom. The van der Waals surface area contributed by atoms with Crippen LogP contribution in [0.25, 0.3) is 0 Å². The van der Waals surface area contributed by atoms with Crippen molar-refractivity contribution in [3.8, 4) is 6.07 Å². The van der Waals surface area contributed by atoms with Crippen LogP contribution in [-0.2, 0) is 6.54 Å². The molecule has 0 fully saturated rings. The standard InChI is InChI=1S/C14H23N5O/c1-11(2)14(3,4)10-16-13(20)17-12-6-9-19(18-12)8-5-7-15/h6,9,11H,5,8,10H2,1-4H3,(H2,16,17,18,20). The van der Waals surface area contributed by atoms with E-state index in [1.807, 2.05) is 0 Å². The van der Waals surface area contributed by atoms with Gasteiger partial charge in [-0.25, -0.2) is 4.79 Å². The Labute approximate surface area is 120 Å². The van der Waals surface area contributed by atoms with Crippen molar-refractivity contribution in [1.29, 1.82) is 5.26 Å². The van der Waals surface area contributed by atoms with Crippen LogP contribution in [0, 0.1) is 22.7 Å². The molecule has 6 nitrogen and oxygen atoms in total. The summed E-state index contributed by atoms with van der Waals surface area (Å²) in [7, 11) is 0. The third-order valence-corrected chi connectivity index (χ3v) is 3.60. The molecule has 1 heterocycles. The quantitative estimate of drug-likeness (QED) is 0.838. The molecule has 110 valence electrons. The van der Waals surface area contributed by atoms with E-state index in [-0.39, 0.29) is 11.4 Å². The second-order valence-electron chi connectivity index (χ2n) is 5.82. The normalized spacial score (nSPS) is 11.2. The van der Waals surface area contributed by atoms with Crippen LogP contribution in [-0.4, -0.2) is 22.4 Å². The van der Waals surface area contributed by atoms with Gasteiger partial charge in [0.2, 0.25) is 0 Å². The van der Waals surface area contributed by atoms with Crippen LogP contribution in [0.4, 0.5) is 10.6 Å². The van der Waals surface area contributed by atoms with E-state index in [0.29, 0.717) is 31.2 Å². The van der Waals surface area contributed by atoms with E-state index in [9.17, 15) is 4.79 Å². The van der Waals surface area contributed by atoms with Crippen LogP contribution in [0.3, 0.4) is 0 Å². The molecule has 0 spiro atoms. The third kappa shape index (κ3) is 4.92. The molecule has 1 rings (SSSR count). The number of rotatable bonds is 6. The minimum atomic E-state index is -0.260. The number of aromatic nitrogens is 2. The number of urea groups is 1. The van der Waals surface area contributed by atoms with Crippen LogP contribution < -0.4 is 10.6 Å². The Kier molecular flexibility index (Phi) is 5.56. The zero-order chi connectivity index (χ0) is 15.2. The van der Waals surface area contributed by atoms with Crippen molar-refractivity contribution in [3.63, 3.8) is 0 Å². The summed E-state index contributed by atoms with van der Waals surface area (Å²) in [6.07, 6.45) is 2.14. The molecule has 2 N–H and O–H groups in total. The van der Waals surface area contributed by atoms with Crippen molar-refractivity contribution >= 4 is 11.8 Å². The summed E-state index contributed by atoms with van der Waals surface area (Å²) in [6.45, 7) is 9.64. The molecule has 0 saturated carbocycles. The van der Waals surface area contributed by atoms with Crippen LogP contribution in [0.5, 0.6) is 0 Å². The lowest BCUT2D eigenvalue weighted by Crippen LogP contribution is -2.39. The highest BCUT2D eigenvalue weighted by Gasteiger charge is 2.22. The first kappa shape index (κ1) is 16.0. The van der Waals surface area contributed by atoms with Gasteiger partial charge < -0.3 is 5.32 Å². The first-order valence-electron chi connectivity index (χ1n) is 6.80. The average Bonchev–Trinajstić information content (AvgIpc) is 2.81. The van der Waals surface area contributed by atoms with Crippen molar-refractivity contribution in [2.45, 2.75) is 40.7 Å². The van der Waals surface area contributed by atoms with Crippen LogP contribution >= 0.6 is 0 Å². The van der Waals surface area contributed by atoms with Crippen LogP contribution in [0.15, 0.2) is 12.3 Å². The number of hydrogen-bond donors (Lipinski definition) is 2. The van der Waals surface area contributed by atoms with Gasteiger partial charge in [-0.2, -0.15) is 10.4 Å². The van der Waals surface area contributed by atoms with Gasteiger partial charge in [-0.15, -0.1) is 0 Å². The molecule has 0 aliphatic carbocycles. The molecule has 6 heteroatoms. The van der Waals surface area contributed by atoms with E-state index in [2.05, 4.69) is 49.5 Å². The Balaban J connectivity index is 2.43. The van der Waals surface area contributed by atoms with E-state index in [4.69, 9.17) is 5.26 Å². The molecule has 2 amide bonds. The van der Waals surface area contributed by atoms with Crippen LogP contribution in [0.2, 0.25) is 0 Å². The van der Waals surface area contributed by atoms with Gasteiger partial charge in [0.1, 0.15) is 0 Å². The fourth-order valence-electron chi connectivity index (χ4n) is 1.39. The summed E-state index contributed by atoms with van der Waals surface area (Å²) in [5.41, 5.74) is 0.0451. The average molecular weight is 277 g/mol. The lowest BCUT2D eigenvalue weighted by Gasteiger charge is -2.29. The number of aryl methyl sites for hydroxylation is 1. The van der Waals surface area contributed by atoms with E-state index < -0.39 is 0 Å². The molecular formula is C14H23N5O. The lowest BCUT2D eigenvalue weighted by atomic mass is 9.81. The zero-order valence-electron chi connectivity index (χ0n) is 12.6. The van der Waals surface area contributed by atoms with Gasteiger partial charge >= 0.3 is 6.03 Å². The molecule has 1 aromatic rings. The molecule has 0 atom stereocenters. The fourth-order valence-corrected chi connectivity index (χ4v) is 1.39. The van der Waals surface area contributed by atoms with Gasteiger partial charge in [-0.1, -0.05) is 27.7 Å². The molecule has 20 heavy (non-hydrogen) atoms. The summed E-state index contributed by atoms with van der Waals surface area (Å²) < 4.78 is 1.64. The second-order valence-corrected chi connectivity index (χ2v) is 5.82. The zero-order valence-corrected chi connectivity index (χ0v) is 12.6. The maximum atomic E-state index is 11.8. The number of hydrogen-bond acceptors (Lipinski definition) is 3.